The Morgan fingerprint density at radius 1 is 0.274 bits per heavy atom. The number of carbonyl (C=O) groups is 4. The molecule has 0 saturated heterocycles. The van der Waals surface area contributed by atoms with Gasteiger partial charge in [0.25, 0.3) is 0 Å². The van der Waals surface area contributed by atoms with Crippen LogP contribution in [0.5, 0.6) is 0 Å². The Labute approximate surface area is 643 Å². The average Bonchev–Trinajstić information content (AvgIpc) is 0.901. The lowest BCUT2D eigenvalue weighted by Crippen LogP contribution is -2.30. The van der Waals surface area contributed by atoms with Crippen molar-refractivity contribution in [2.75, 3.05) is 39.6 Å². The number of phosphoric ester groups is 2. The number of unbranched alkanes of at least 4 members (excludes halogenated alkanes) is 26. The fraction of sp³-hybridized carbons (Fsp3) is 0.678. The van der Waals surface area contributed by atoms with Crippen molar-refractivity contribution in [3.05, 3.63) is 146 Å². The molecule has 0 rings (SSSR count). The van der Waals surface area contributed by atoms with E-state index in [0.29, 0.717) is 32.1 Å². The molecule has 0 aromatic heterocycles. The van der Waals surface area contributed by atoms with Gasteiger partial charge in [0.1, 0.15) is 19.3 Å². The summed E-state index contributed by atoms with van der Waals surface area (Å²) in [5, 5.41) is 10.6. The summed E-state index contributed by atoms with van der Waals surface area (Å²) in [6, 6.07) is 0. The summed E-state index contributed by atoms with van der Waals surface area (Å²) in [6.45, 7) is 4.58. The van der Waals surface area contributed by atoms with E-state index in [4.69, 9.17) is 37.0 Å². The third kappa shape index (κ3) is 77.1. The highest BCUT2D eigenvalue weighted by Crippen LogP contribution is 2.45. The van der Waals surface area contributed by atoms with Crippen LogP contribution in [-0.2, 0) is 65.4 Å². The number of hydrogen-bond acceptors (Lipinski definition) is 15. The molecule has 2 unspecified atom stereocenters. The summed E-state index contributed by atoms with van der Waals surface area (Å²) in [5.41, 5.74) is 0. The minimum Gasteiger partial charge on any atom is -0.462 e. The number of rotatable bonds is 76. The number of carbonyl (C=O) groups excluding carboxylic acids is 4. The molecule has 0 aromatic carbocycles. The maximum atomic E-state index is 13.1. The van der Waals surface area contributed by atoms with Crippen LogP contribution in [0, 0.1) is 0 Å². The van der Waals surface area contributed by atoms with Gasteiger partial charge in [0.2, 0.25) is 0 Å². The van der Waals surface area contributed by atoms with Gasteiger partial charge in [-0.15, -0.1) is 0 Å². The molecule has 0 radical (unpaired) electrons. The van der Waals surface area contributed by atoms with Crippen LogP contribution in [0.4, 0.5) is 0 Å². The molecule has 0 fully saturated rings. The van der Waals surface area contributed by atoms with E-state index in [2.05, 4.69) is 161 Å². The molecule has 5 atom stereocenters. The van der Waals surface area contributed by atoms with Crippen LogP contribution in [0.2, 0.25) is 0 Å². The molecule has 0 saturated carbocycles. The highest BCUT2D eigenvalue weighted by atomic mass is 31.2. The zero-order valence-electron chi connectivity index (χ0n) is 66.3. The van der Waals surface area contributed by atoms with Gasteiger partial charge in [0, 0.05) is 25.7 Å². The normalized spacial score (nSPS) is 14.6. The molecular weight excluding hydrogens is 1380 g/mol. The fourth-order valence-electron chi connectivity index (χ4n) is 10.6. The smallest absolute Gasteiger partial charge is 0.462 e. The van der Waals surface area contributed by atoms with Crippen molar-refractivity contribution in [1.82, 2.24) is 0 Å². The number of hydrogen-bond donors (Lipinski definition) is 3. The van der Waals surface area contributed by atoms with Gasteiger partial charge in [-0.3, -0.25) is 37.3 Å². The third-order valence-corrected chi connectivity index (χ3v) is 18.7. The number of aliphatic hydroxyl groups excluding tert-OH is 1. The number of allylic oxidation sites excluding steroid dienone is 24. The van der Waals surface area contributed by atoms with E-state index in [1.54, 1.807) is 0 Å². The van der Waals surface area contributed by atoms with Crippen LogP contribution >= 0.6 is 15.6 Å². The van der Waals surface area contributed by atoms with Crippen molar-refractivity contribution in [1.29, 1.82) is 0 Å². The van der Waals surface area contributed by atoms with Crippen LogP contribution in [0.15, 0.2) is 146 Å². The van der Waals surface area contributed by atoms with Crippen LogP contribution < -0.4 is 0 Å². The molecule has 0 amide bonds. The Morgan fingerprint density at radius 3 is 0.840 bits per heavy atom. The average molecular weight is 1530 g/mol. The van der Waals surface area contributed by atoms with Gasteiger partial charge in [-0.1, -0.05) is 302 Å². The van der Waals surface area contributed by atoms with Crippen LogP contribution in [0.3, 0.4) is 0 Å². The summed E-state index contributed by atoms with van der Waals surface area (Å²) in [6.07, 6.45) is 89.8. The molecule has 0 bridgehead atoms. The summed E-state index contributed by atoms with van der Waals surface area (Å²) < 4.78 is 68.6. The van der Waals surface area contributed by atoms with Gasteiger partial charge in [-0.05, 0) is 141 Å². The first-order valence-electron chi connectivity index (χ1n) is 41.1. The first-order valence-corrected chi connectivity index (χ1v) is 44.1. The molecule has 17 nitrogen and oxygen atoms in total. The molecule has 3 N–H and O–H groups in total. The second-order valence-electron chi connectivity index (χ2n) is 27.0. The van der Waals surface area contributed by atoms with E-state index in [1.807, 2.05) is 12.2 Å². The van der Waals surface area contributed by atoms with E-state index < -0.39 is 97.5 Å². The Balaban J connectivity index is 5.45. The summed E-state index contributed by atoms with van der Waals surface area (Å²) in [7, 11) is -10.00. The second-order valence-corrected chi connectivity index (χ2v) is 29.9. The van der Waals surface area contributed by atoms with E-state index >= 15 is 0 Å². The van der Waals surface area contributed by atoms with Crippen LogP contribution in [-0.4, -0.2) is 96.7 Å². The maximum Gasteiger partial charge on any atom is 0.472 e. The minimum atomic E-state index is -5.00. The lowest BCUT2D eigenvalue weighted by Gasteiger charge is -2.21. The molecule has 0 heterocycles. The van der Waals surface area contributed by atoms with E-state index in [9.17, 15) is 43.2 Å². The lowest BCUT2D eigenvalue weighted by molar-refractivity contribution is -0.161. The van der Waals surface area contributed by atoms with Crippen molar-refractivity contribution in [3.63, 3.8) is 0 Å². The molecule has 19 heteroatoms. The van der Waals surface area contributed by atoms with Gasteiger partial charge in [0.05, 0.1) is 26.4 Å². The zero-order chi connectivity index (χ0) is 77.4. The zero-order valence-corrected chi connectivity index (χ0v) is 68.1. The van der Waals surface area contributed by atoms with Gasteiger partial charge in [0.15, 0.2) is 12.2 Å². The van der Waals surface area contributed by atoms with Crippen molar-refractivity contribution < 1.29 is 80.2 Å². The monoisotopic (exact) mass is 1530 g/mol. The number of ether oxygens (including phenoxy) is 4. The van der Waals surface area contributed by atoms with E-state index in [-0.39, 0.29) is 25.7 Å². The number of esters is 4. The lowest BCUT2D eigenvalue weighted by atomic mass is 10.0. The predicted molar refractivity (Wildman–Crippen MR) is 436 cm³/mol. The topological polar surface area (TPSA) is 237 Å². The largest absolute Gasteiger partial charge is 0.472 e. The Hall–Kier alpha value is -5.06. The second kappa shape index (κ2) is 78.1. The first kappa shape index (κ1) is 101. The van der Waals surface area contributed by atoms with Crippen molar-refractivity contribution in [2.45, 2.75) is 341 Å². The molecule has 0 aliphatic rings. The summed E-state index contributed by atoms with van der Waals surface area (Å²) in [4.78, 5) is 73.1. The summed E-state index contributed by atoms with van der Waals surface area (Å²) >= 11 is 0. The molecule has 0 aromatic rings. The fourth-order valence-corrected chi connectivity index (χ4v) is 12.1. The standard InChI is InChI=1S/C87H146O17P2/c1-5-9-13-17-21-25-29-33-36-38-40-42-45-48-51-55-59-63-67-71-84(89)97-77-82(103-86(91)73-69-65-61-57-53-47-32-28-24-20-16-12-8-4)79-101-105(93,94)99-75-81(88)76-100-106(95,96)102-80-83(104-87(92)74-70-66-62-58-54-50-44-35-31-27-23-19-15-11-7-3)78-98-85(90)72-68-64-60-56-52-49-46-43-41-39-37-34-30-26-22-18-14-10-6-2/h9,13,21-23,25-27,33-37,40-44,48-49,51-52,60,64,81-83,88H,5-8,10-12,14-20,24,28-32,38-39,45-47,50,53-59,61-63,65-80H2,1-4H3,(H,93,94)(H,95,96)/b13-9-,25-21-,26-22-,27-23-,36-33-,37-34-,42-40-,43-41-,44-35-,51-48-,52-49-,64-60-/t81-,82-,83-/m1/s1. The van der Waals surface area contributed by atoms with Gasteiger partial charge >= 0.3 is 39.5 Å². The predicted octanol–water partition coefficient (Wildman–Crippen LogP) is 24.2. The Bertz CT molecular complexity index is 2580. The van der Waals surface area contributed by atoms with E-state index in [1.165, 1.54) is 89.9 Å². The van der Waals surface area contributed by atoms with E-state index in [0.717, 1.165) is 148 Å². The Kier molecular flexibility index (Phi) is 74.3. The molecule has 106 heavy (non-hydrogen) atoms. The summed E-state index contributed by atoms with van der Waals surface area (Å²) in [5.74, 6) is -2.32. The quantitative estimate of drug-likeness (QED) is 0.0169. The Morgan fingerprint density at radius 2 is 0.509 bits per heavy atom. The van der Waals surface area contributed by atoms with Crippen molar-refractivity contribution in [3.8, 4) is 0 Å². The maximum absolute atomic E-state index is 13.1. The highest BCUT2D eigenvalue weighted by Gasteiger charge is 2.30. The van der Waals surface area contributed by atoms with Crippen molar-refractivity contribution >= 4 is 39.5 Å². The highest BCUT2D eigenvalue weighted by molar-refractivity contribution is 7.47. The SMILES string of the molecule is CC/C=C\C/C=C\C/C=C\C/C=C\C/C=C\CCCCCC(=O)OC[C@H](COP(=O)(O)OC[C@@H](O)COP(=O)(O)OC[C@@H](COC(=O)CC/C=C\C/C=C\C/C=C\C/C=C\C/C=C\CCCCC)OC(=O)CCCCCCC/C=C\C/C=C\CCCCC)OC(=O)CCCCCCCCCCCCCCC. The van der Waals surface area contributed by atoms with Crippen LogP contribution in [0.1, 0.15) is 323 Å². The molecular formula is C87H146O17P2. The van der Waals surface area contributed by atoms with Gasteiger partial charge in [-0.2, -0.15) is 0 Å². The third-order valence-electron chi connectivity index (χ3n) is 16.8. The number of aliphatic hydroxyl groups is 1. The molecule has 0 spiro atoms. The van der Waals surface area contributed by atoms with Crippen molar-refractivity contribution in [2.24, 2.45) is 0 Å². The minimum absolute atomic E-state index is 0.0314. The molecule has 606 valence electrons. The van der Waals surface area contributed by atoms with Crippen LogP contribution in [0.25, 0.3) is 0 Å². The first-order chi connectivity index (χ1) is 51.7. The van der Waals surface area contributed by atoms with Gasteiger partial charge in [-0.25, -0.2) is 9.13 Å². The molecule has 0 aliphatic carbocycles. The number of phosphoric acid groups is 2. The molecule has 0 aliphatic heterocycles. The van der Waals surface area contributed by atoms with Gasteiger partial charge < -0.3 is 33.8 Å².